The molecule has 2 aromatic rings. The van der Waals surface area contributed by atoms with Gasteiger partial charge >= 0.3 is 0 Å². The van der Waals surface area contributed by atoms with Crippen LogP contribution in [0.4, 0.5) is 5.69 Å². The zero-order chi connectivity index (χ0) is 22.9. The molecule has 1 aliphatic heterocycles. The number of anilines is 1. The molecule has 0 aliphatic carbocycles. The lowest BCUT2D eigenvalue weighted by atomic mass is 10.1. The molecule has 2 amide bonds. The van der Waals surface area contributed by atoms with Gasteiger partial charge in [-0.3, -0.25) is 9.59 Å². The molecule has 7 nitrogen and oxygen atoms in total. The molecule has 0 spiro atoms. The minimum absolute atomic E-state index is 0.00650. The normalized spacial score (nSPS) is 15.7. The number of amides is 2. The van der Waals surface area contributed by atoms with Gasteiger partial charge in [0.2, 0.25) is 0 Å². The summed E-state index contributed by atoms with van der Waals surface area (Å²) < 4.78 is 11.0. The van der Waals surface area contributed by atoms with Crippen LogP contribution in [0.3, 0.4) is 0 Å². The van der Waals surface area contributed by atoms with Crippen molar-refractivity contribution in [3.8, 4) is 11.8 Å². The van der Waals surface area contributed by atoms with Crippen LogP contribution < -0.4 is 15.4 Å². The maximum Gasteiger partial charge on any atom is 0.262 e. The molecule has 1 heterocycles. The van der Waals surface area contributed by atoms with E-state index in [0.717, 1.165) is 18.4 Å². The largest absolute Gasteiger partial charge is 0.482 e. The van der Waals surface area contributed by atoms with Gasteiger partial charge in [0.15, 0.2) is 6.61 Å². The second-order valence-corrected chi connectivity index (χ2v) is 7.81. The van der Waals surface area contributed by atoms with Crippen LogP contribution in [0.25, 0.3) is 6.08 Å². The molecular weight excluding hydrogens is 430 g/mol. The van der Waals surface area contributed by atoms with Gasteiger partial charge in [-0.15, -0.1) is 0 Å². The van der Waals surface area contributed by atoms with Crippen molar-refractivity contribution in [1.29, 1.82) is 5.26 Å². The molecule has 166 valence electrons. The molecule has 1 saturated heterocycles. The average Bonchev–Trinajstić information content (AvgIpc) is 3.30. The molecule has 0 unspecified atom stereocenters. The number of nitrogens with one attached hydrogen (secondary N) is 2. The summed E-state index contributed by atoms with van der Waals surface area (Å²) >= 11 is 6.26. The topological polar surface area (TPSA) is 100 Å². The Morgan fingerprint density at radius 3 is 2.72 bits per heavy atom. The van der Waals surface area contributed by atoms with E-state index in [1.165, 1.54) is 6.08 Å². The molecule has 0 aromatic heterocycles. The highest BCUT2D eigenvalue weighted by Gasteiger charge is 2.17. The number of carbonyl (C=O) groups is 2. The first-order chi connectivity index (χ1) is 15.4. The number of nitriles is 1. The Bertz CT molecular complexity index is 1040. The number of rotatable bonds is 8. The Hall–Kier alpha value is -3.34. The van der Waals surface area contributed by atoms with Crippen molar-refractivity contribution in [2.24, 2.45) is 0 Å². The van der Waals surface area contributed by atoms with Crippen molar-refractivity contribution in [1.82, 2.24) is 5.32 Å². The summed E-state index contributed by atoms with van der Waals surface area (Å²) in [7, 11) is 0. The number of nitrogens with zero attached hydrogens (tertiary/aromatic N) is 1. The molecular formula is C24H24ClN3O4. The number of carbonyl (C=O) groups excluding carboxylic acids is 2. The number of hydrogen-bond donors (Lipinski definition) is 2. The Kier molecular flexibility index (Phi) is 8.26. The third-order valence-electron chi connectivity index (χ3n) is 4.84. The van der Waals surface area contributed by atoms with E-state index >= 15 is 0 Å². The highest BCUT2D eigenvalue weighted by Crippen LogP contribution is 2.26. The van der Waals surface area contributed by atoms with E-state index in [1.54, 1.807) is 18.2 Å². The first-order valence-corrected chi connectivity index (χ1v) is 10.6. The number of benzene rings is 2. The number of halogens is 1. The van der Waals surface area contributed by atoms with Gasteiger partial charge in [-0.1, -0.05) is 35.4 Å². The standard InChI is InChI=1S/C24H24ClN3O4/c1-16-4-7-19(8-5-16)28-23(29)15-32-22-9-6-17(12-21(22)25)11-18(13-26)24(30)27-14-20-3-2-10-31-20/h4-9,11-12,20H,2-3,10,14-15H2,1H3,(H,27,30)(H,28,29)/b18-11-/t20-/m1/s1. The predicted octanol–water partition coefficient (Wildman–Crippen LogP) is 3.87. The fourth-order valence-corrected chi connectivity index (χ4v) is 3.37. The van der Waals surface area contributed by atoms with Gasteiger partial charge in [-0.05, 0) is 55.7 Å². The molecule has 2 N–H and O–H groups in total. The van der Waals surface area contributed by atoms with Gasteiger partial charge in [-0.25, -0.2) is 0 Å². The van der Waals surface area contributed by atoms with Crippen LogP contribution >= 0.6 is 11.6 Å². The molecule has 1 aliphatic rings. The minimum Gasteiger partial charge on any atom is -0.482 e. The maximum absolute atomic E-state index is 12.3. The van der Waals surface area contributed by atoms with E-state index in [1.807, 2.05) is 37.3 Å². The summed E-state index contributed by atoms with van der Waals surface area (Å²) in [6.07, 6.45) is 3.31. The van der Waals surface area contributed by atoms with Gasteiger partial charge in [-0.2, -0.15) is 5.26 Å². The highest BCUT2D eigenvalue weighted by atomic mass is 35.5. The lowest BCUT2D eigenvalue weighted by molar-refractivity contribution is -0.118. The van der Waals surface area contributed by atoms with E-state index in [4.69, 9.17) is 21.1 Å². The molecule has 0 radical (unpaired) electrons. The Morgan fingerprint density at radius 1 is 1.28 bits per heavy atom. The molecule has 0 bridgehead atoms. The van der Waals surface area contributed by atoms with Crippen LogP contribution in [0.15, 0.2) is 48.0 Å². The van der Waals surface area contributed by atoms with Crippen LogP contribution in [-0.4, -0.2) is 37.7 Å². The Morgan fingerprint density at radius 2 is 2.06 bits per heavy atom. The summed E-state index contributed by atoms with van der Waals surface area (Å²) in [5.74, 6) is -0.458. The summed E-state index contributed by atoms with van der Waals surface area (Å²) in [6, 6.07) is 14.1. The van der Waals surface area contributed by atoms with Crippen molar-refractivity contribution < 1.29 is 19.1 Å². The zero-order valence-electron chi connectivity index (χ0n) is 17.7. The second kappa shape index (κ2) is 11.3. The number of ether oxygens (including phenoxy) is 2. The molecule has 3 rings (SSSR count). The van der Waals surface area contributed by atoms with E-state index < -0.39 is 5.91 Å². The van der Waals surface area contributed by atoms with Gasteiger partial charge in [0.05, 0.1) is 11.1 Å². The highest BCUT2D eigenvalue weighted by molar-refractivity contribution is 6.32. The Labute approximate surface area is 192 Å². The van der Waals surface area contributed by atoms with Gasteiger partial charge < -0.3 is 20.1 Å². The zero-order valence-corrected chi connectivity index (χ0v) is 18.4. The van der Waals surface area contributed by atoms with Crippen molar-refractivity contribution in [2.45, 2.75) is 25.9 Å². The SMILES string of the molecule is Cc1ccc(NC(=O)COc2ccc(/C=C(/C#N)C(=O)NC[C@H]3CCCO3)cc2Cl)cc1. The summed E-state index contributed by atoms with van der Waals surface area (Å²) in [5, 5.41) is 15.1. The summed E-state index contributed by atoms with van der Waals surface area (Å²) in [4.78, 5) is 24.4. The molecule has 32 heavy (non-hydrogen) atoms. The van der Waals surface area contributed by atoms with Gasteiger partial charge in [0.25, 0.3) is 11.8 Å². The van der Waals surface area contributed by atoms with E-state index in [2.05, 4.69) is 10.6 Å². The van der Waals surface area contributed by atoms with Gasteiger partial charge in [0.1, 0.15) is 17.4 Å². The molecule has 1 atom stereocenters. The first kappa shape index (κ1) is 23.3. The van der Waals surface area contributed by atoms with E-state index in [9.17, 15) is 14.9 Å². The van der Waals surface area contributed by atoms with Crippen LogP contribution in [0.2, 0.25) is 5.02 Å². The second-order valence-electron chi connectivity index (χ2n) is 7.41. The van der Waals surface area contributed by atoms with E-state index in [-0.39, 0.29) is 29.2 Å². The van der Waals surface area contributed by atoms with Crippen molar-refractivity contribution >= 4 is 35.2 Å². The fourth-order valence-electron chi connectivity index (χ4n) is 3.12. The number of aryl methyl sites for hydroxylation is 1. The van der Waals surface area contributed by atoms with Crippen molar-refractivity contribution in [2.75, 3.05) is 25.1 Å². The third-order valence-corrected chi connectivity index (χ3v) is 5.14. The lowest BCUT2D eigenvalue weighted by Gasteiger charge is -2.11. The van der Waals surface area contributed by atoms with Crippen molar-refractivity contribution in [3.05, 3.63) is 64.2 Å². The fraction of sp³-hybridized carbons (Fsp3) is 0.292. The molecule has 8 heteroatoms. The van der Waals surface area contributed by atoms with Crippen molar-refractivity contribution in [3.63, 3.8) is 0 Å². The average molecular weight is 454 g/mol. The van der Waals surface area contributed by atoms with Crippen LogP contribution in [0, 0.1) is 18.3 Å². The Balaban J connectivity index is 1.55. The van der Waals surface area contributed by atoms with Crippen LogP contribution in [0.1, 0.15) is 24.0 Å². The molecule has 1 fully saturated rings. The number of hydrogen-bond acceptors (Lipinski definition) is 5. The van der Waals surface area contributed by atoms with E-state index in [0.29, 0.717) is 30.2 Å². The summed E-state index contributed by atoms with van der Waals surface area (Å²) in [6.45, 7) is 2.82. The monoisotopic (exact) mass is 453 g/mol. The van der Waals surface area contributed by atoms with Gasteiger partial charge in [0, 0.05) is 18.8 Å². The summed E-state index contributed by atoms with van der Waals surface area (Å²) in [5.41, 5.74) is 2.30. The molecule has 2 aromatic carbocycles. The minimum atomic E-state index is -0.466. The molecule has 0 saturated carbocycles. The third kappa shape index (κ3) is 6.84. The van der Waals surface area contributed by atoms with Crippen LogP contribution in [-0.2, 0) is 14.3 Å². The lowest BCUT2D eigenvalue weighted by Crippen LogP contribution is -2.32. The van der Waals surface area contributed by atoms with Crippen LogP contribution in [0.5, 0.6) is 5.75 Å². The first-order valence-electron chi connectivity index (χ1n) is 10.2. The smallest absolute Gasteiger partial charge is 0.262 e. The predicted molar refractivity (Wildman–Crippen MR) is 122 cm³/mol. The maximum atomic E-state index is 12.3. The quantitative estimate of drug-likeness (QED) is 0.466.